The number of hydrogen-bond donors (Lipinski definition) is 2. The first-order chi connectivity index (χ1) is 8.18. The van der Waals surface area contributed by atoms with Gasteiger partial charge < -0.3 is 15.8 Å². The Labute approximate surface area is 96.8 Å². The molecule has 0 saturated heterocycles. The van der Waals surface area contributed by atoms with Crippen LogP contribution in [-0.4, -0.2) is 38.8 Å². The van der Waals surface area contributed by atoms with Gasteiger partial charge in [0.1, 0.15) is 12.4 Å². The van der Waals surface area contributed by atoms with Crippen molar-refractivity contribution >= 4 is 17.6 Å². The minimum atomic E-state index is -0.795. The zero-order valence-corrected chi connectivity index (χ0v) is 9.25. The highest BCUT2D eigenvalue weighted by Crippen LogP contribution is 2.11. The summed E-state index contributed by atoms with van der Waals surface area (Å²) in [7, 11) is 0. The van der Waals surface area contributed by atoms with E-state index in [1.807, 2.05) is 11.3 Å². The quantitative estimate of drug-likeness (QED) is 0.720. The summed E-state index contributed by atoms with van der Waals surface area (Å²) in [4.78, 5) is 14.5. The molecule has 2 aromatic rings. The van der Waals surface area contributed by atoms with E-state index in [4.69, 9.17) is 5.73 Å². The van der Waals surface area contributed by atoms with Gasteiger partial charge in [0.15, 0.2) is 5.82 Å². The Kier molecular flexibility index (Phi) is 3.03. The van der Waals surface area contributed by atoms with Crippen molar-refractivity contribution in [1.29, 1.82) is 0 Å². The molecule has 2 aromatic heterocycles. The van der Waals surface area contributed by atoms with Crippen LogP contribution in [0, 0.1) is 6.92 Å². The molecule has 0 aliphatic heterocycles. The first-order valence-electron chi connectivity index (χ1n) is 5.01. The van der Waals surface area contributed by atoms with Crippen LogP contribution in [0.4, 0.5) is 10.6 Å². The van der Waals surface area contributed by atoms with E-state index < -0.39 is 6.09 Å². The minimum absolute atomic E-state index is 0.172. The molecule has 8 heteroatoms. The molecule has 0 unspecified atom stereocenters. The zero-order chi connectivity index (χ0) is 12.3. The largest absolute Gasteiger partial charge is 0.448 e. The smallest absolute Gasteiger partial charge is 0.404 e. The fraction of sp³-hybridized carbons (Fsp3) is 0.333. The maximum atomic E-state index is 10.4. The number of nitrogens with zero attached hydrogens (tertiary/aromatic N) is 4. The van der Waals surface area contributed by atoms with Crippen LogP contribution < -0.4 is 11.1 Å². The number of primary amides is 1. The summed E-state index contributed by atoms with van der Waals surface area (Å²) in [5, 5.41) is 10.9. The maximum absolute atomic E-state index is 10.4. The fourth-order valence-corrected chi connectivity index (χ4v) is 1.39. The molecule has 8 nitrogen and oxygen atoms in total. The first kappa shape index (κ1) is 11.1. The number of nitrogens with one attached hydrogen (secondary N) is 1. The Hall–Kier alpha value is -2.38. The summed E-state index contributed by atoms with van der Waals surface area (Å²) in [5.74, 6) is 1.36. The molecule has 0 atom stereocenters. The van der Waals surface area contributed by atoms with Gasteiger partial charge in [0.25, 0.3) is 0 Å². The third-order valence-electron chi connectivity index (χ3n) is 2.14. The van der Waals surface area contributed by atoms with E-state index in [0.29, 0.717) is 18.0 Å². The Balaban J connectivity index is 2.06. The van der Waals surface area contributed by atoms with Crippen molar-refractivity contribution in [2.45, 2.75) is 6.92 Å². The lowest BCUT2D eigenvalue weighted by Gasteiger charge is -2.05. The van der Waals surface area contributed by atoms with E-state index in [1.165, 1.54) is 0 Å². The van der Waals surface area contributed by atoms with Crippen molar-refractivity contribution in [3.8, 4) is 0 Å². The first-order valence-corrected chi connectivity index (χ1v) is 5.01. The predicted molar refractivity (Wildman–Crippen MR) is 59.5 cm³/mol. The van der Waals surface area contributed by atoms with E-state index in [0.717, 1.165) is 5.82 Å². The molecule has 0 bridgehead atoms. The number of nitrogens with two attached hydrogens (primary N) is 1. The molecule has 2 rings (SSSR count). The summed E-state index contributed by atoms with van der Waals surface area (Å²) in [5.41, 5.74) is 5.46. The molecule has 0 aromatic carbocycles. The highest BCUT2D eigenvalue weighted by Gasteiger charge is 2.06. The normalized spacial score (nSPS) is 10.4. The second kappa shape index (κ2) is 4.64. The molecule has 0 radical (unpaired) electrons. The molecule has 0 spiro atoms. The van der Waals surface area contributed by atoms with Crippen LogP contribution in [0.5, 0.6) is 0 Å². The molecule has 17 heavy (non-hydrogen) atoms. The standard InChI is InChI=1S/C9H12N6O2/c1-6-13-14-8-7(11-2-4-15(6)8)12-3-5-17-9(10)16/h2,4H,3,5H2,1H3,(H2,10,16)(H,11,12). The molecule has 0 fully saturated rings. The Bertz CT molecular complexity index is 537. The van der Waals surface area contributed by atoms with Gasteiger partial charge in [-0.05, 0) is 6.92 Å². The number of anilines is 1. The SMILES string of the molecule is Cc1nnc2c(NCCOC(N)=O)nccn12. The molecule has 0 aliphatic carbocycles. The number of hydrogen-bond acceptors (Lipinski definition) is 6. The van der Waals surface area contributed by atoms with Gasteiger partial charge in [-0.3, -0.25) is 4.40 Å². The molecule has 2 heterocycles. The van der Waals surface area contributed by atoms with Gasteiger partial charge in [0.05, 0.1) is 6.54 Å². The summed E-state index contributed by atoms with van der Waals surface area (Å²) in [6, 6.07) is 0. The van der Waals surface area contributed by atoms with E-state index in [1.54, 1.807) is 12.4 Å². The predicted octanol–water partition coefficient (Wildman–Crippen LogP) is -0.0601. The van der Waals surface area contributed by atoms with Crippen LogP contribution in [0.1, 0.15) is 5.82 Å². The second-order valence-corrected chi connectivity index (χ2v) is 3.31. The molecule has 3 N–H and O–H groups in total. The zero-order valence-electron chi connectivity index (χ0n) is 9.25. The van der Waals surface area contributed by atoms with E-state index >= 15 is 0 Å². The van der Waals surface area contributed by atoms with Gasteiger partial charge in [-0.15, -0.1) is 10.2 Å². The van der Waals surface area contributed by atoms with Crippen molar-refractivity contribution in [2.24, 2.45) is 5.73 Å². The maximum Gasteiger partial charge on any atom is 0.404 e. The van der Waals surface area contributed by atoms with E-state index in [2.05, 4.69) is 25.2 Å². The highest BCUT2D eigenvalue weighted by atomic mass is 16.5. The van der Waals surface area contributed by atoms with E-state index in [-0.39, 0.29) is 6.61 Å². The summed E-state index contributed by atoms with van der Waals surface area (Å²) >= 11 is 0. The van der Waals surface area contributed by atoms with Crippen molar-refractivity contribution in [3.05, 3.63) is 18.2 Å². The lowest BCUT2D eigenvalue weighted by Crippen LogP contribution is -2.18. The lowest BCUT2D eigenvalue weighted by molar-refractivity contribution is 0.161. The van der Waals surface area contributed by atoms with Crippen LogP contribution >= 0.6 is 0 Å². The second-order valence-electron chi connectivity index (χ2n) is 3.31. The fourth-order valence-electron chi connectivity index (χ4n) is 1.39. The van der Waals surface area contributed by atoms with E-state index in [9.17, 15) is 4.79 Å². The summed E-state index contributed by atoms with van der Waals surface area (Å²) in [6.45, 7) is 2.42. The Morgan fingerprint density at radius 2 is 2.41 bits per heavy atom. The average Bonchev–Trinajstić information content (AvgIpc) is 2.67. The number of aryl methyl sites for hydroxylation is 1. The highest BCUT2D eigenvalue weighted by molar-refractivity contribution is 5.64. The van der Waals surface area contributed by atoms with Crippen molar-refractivity contribution in [1.82, 2.24) is 19.6 Å². The van der Waals surface area contributed by atoms with Gasteiger partial charge in [0, 0.05) is 12.4 Å². The molecule has 0 aliphatic rings. The molecular formula is C9H12N6O2. The number of carbonyl (C=O) groups excluding carboxylic acids is 1. The van der Waals surface area contributed by atoms with Crippen molar-refractivity contribution < 1.29 is 9.53 Å². The van der Waals surface area contributed by atoms with Crippen molar-refractivity contribution in [3.63, 3.8) is 0 Å². The van der Waals surface area contributed by atoms with Gasteiger partial charge in [-0.2, -0.15) is 0 Å². The van der Waals surface area contributed by atoms with Gasteiger partial charge in [0.2, 0.25) is 5.65 Å². The molecule has 1 amide bonds. The molecular weight excluding hydrogens is 224 g/mol. The van der Waals surface area contributed by atoms with Gasteiger partial charge in [-0.1, -0.05) is 0 Å². The summed E-state index contributed by atoms with van der Waals surface area (Å²) in [6.07, 6.45) is 2.62. The summed E-state index contributed by atoms with van der Waals surface area (Å²) < 4.78 is 6.40. The van der Waals surface area contributed by atoms with Crippen LogP contribution in [0.3, 0.4) is 0 Å². The van der Waals surface area contributed by atoms with Gasteiger partial charge in [-0.25, -0.2) is 9.78 Å². The van der Waals surface area contributed by atoms with Gasteiger partial charge >= 0.3 is 6.09 Å². The molecule has 0 saturated carbocycles. The van der Waals surface area contributed by atoms with Crippen LogP contribution in [0.15, 0.2) is 12.4 Å². The number of aromatic nitrogens is 4. The number of carbonyl (C=O) groups is 1. The van der Waals surface area contributed by atoms with Crippen LogP contribution in [0.2, 0.25) is 0 Å². The number of fused-ring (bicyclic) bond motifs is 1. The minimum Gasteiger partial charge on any atom is -0.448 e. The lowest BCUT2D eigenvalue weighted by atomic mass is 10.5. The van der Waals surface area contributed by atoms with Crippen LogP contribution in [0.25, 0.3) is 5.65 Å². The number of ether oxygens (including phenoxy) is 1. The Morgan fingerprint density at radius 1 is 1.59 bits per heavy atom. The Morgan fingerprint density at radius 3 is 3.18 bits per heavy atom. The number of rotatable bonds is 4. The third kappa shape index (κ3) is 2.41. The third-order valence-corrected chi connectivity index (χ3v) is 2.14. The number of amides is 1. The average molecular weight is 236 g/mol. The van der Waals surface area contributed by atoms with Crippen LogP contribution in [-0.2, 0) is 4.74 Å². The topological polar surface area (TPSA) is 107 Å². The van der Waals surface area contributed by atoms with Crippen molar-refractivity contribution in [2.75, 3.05) is 18.5 Å². The monoisotopic (exact) mass is 236 g/mol. The molecule has 90 valence electrons.